The van der Waals surface area contributed by atoms with E-state index in [0.717, 1.165) is 49.2 Å². The Morgan fingerprint density at radius 3 is 2.33 bits per heavy atom. The van der Waals surface area contributed by atoms with Gasteiger partial charge in [-0.15, -0.1) is 0 Å². The molecule has 0 unspecified atom stereocenters. The molecule has 172 valence electrons. The summed E-state index contributed by atoms with van der Waals surface area (Å²) < 4.78 is 28.8. The largest absolute Gasteiger partial charge is 0.370 e. The molecule has 0 spiro atoms. The van der Waals surface area contributed by atoms with Crippen molar-refractivity contribution >= 4 is 27.3 Å². The molecule has 0 radical (unpaired) electrons. The van der Waals surface area contributed by atoms with Crippen LogP contribution in [0.25, 0.3) is 0 Å². The van der Waals surface area contributed by atoms with E-state index in [9.17, 15) is 13.2 Å². The van der Waals surface area contributed by atoms with E-state index < -0.39 is 10.0 Å². The van der Waals surface area contributed by atoms with E-state index in [4.69, 9.17) is 0 Å². The van der Waals surface area contributed by atoms with Crippen LogP contribution in [-0.2, 0) is 16.4 Å². The van der Waals surface area contributed by atoms with Crippen molar-refractivity contribution in [3.8, 4) is 0 Å². The summed E-state index contributed by atoms with van der Waals surface area (Å²) in [6.45, 7) is 4.14. The minimum absolute atomic E-state index is 0.193. The number of rotatable bonds is 8. The lowest BCUT2D eigenvalue weighted by Gasteiger charge is -2.23. The van der Waals surface area contributed by atoms with E-state index in [1.54, 1.807) is 36.4 Å². The van der Waals surface area contributed by atoms with Crippen LogP contribution in [-0.4, -0.2) is 34.0 Å². The first-order valence-corrected chi connectivity index (χ1v) is 12.7. The van der Waals surface area contributed by atoms with E-state index in [0.29, 0.717) is 17.8 Å². The number of nitrogens with one attached hydrogen (secondary N) is 2. The zero-order chi connectivity index (χ0) is 23.3. The monoisotopic (exact) mass is 463 g/mol. The highest BCUT2D eigenvalue weighted by atomic mass is 32.2. The van der Waals surface area contributed by atoms with Gasteiger partial charge in [-0.25, -0.2) is 8.42 Å². The minimum atomic E-state index is -3.79. The van der Waals surface area contributed by atoms with Crippen LogP contribution >= 0.6 is 0 Å². The summed E-state index contributed by atoms with van der Waals surface area (Å²) in [7, 11) is -3.79. The molecule has 6 nitrogen and oxygen atoms in total. The summed E-state index contributed by atoms with van der Waals surface area (Å²) in [5, 5.41) is 2.93. The summed E-state index contributed by atoms with van der Waals surface area (Å²) in [5.74, 6) is -0.227. The summed E-state index contributed by atoms with van der Waals surface area (Å²) in [5.41, 5.74) is 3.78. The maximum atomic E-state index is 13.1. The second kappa shape index (κ2) is 10.1. The minimum Gasteiger partial charge on any atom is -0.370 e. The molecule has 0 atom stereocenters. The van der Waals surface area contributed by atoms with Gasteiger partial charge in [0, 0.05) is 25.2 Å². The second-order valence-electron chi connectivity index (χ2n) is 8.34. The molecule has 7 heteroatoms. The zero-order valence-electron chi connectivity index (χ0n) is 18.8. The average molecular weight is 464 g/mol. The number of nitrogens with zero attached hydrogens (tertiary/aromatic N) is 1. The number of carbonyl (C=O) groups excluding carboxylic acids is 1. The Labute approximate surface area is 195 Å². The fourth-order valence-electron chi connectivity index (χ4n) is 3.98. The average Bonchev–Trinajstić information content (AvgIpc) is 3.34. The Hall–Kier alpha value is -3.32. The predicted molar refractivity (Wildman–Crippen MR) is 132 cm³/mol. The Balaban J connectivity index is 1.55. The Morgan fingerprint density at radius 1 is 0.939 bits per heavy atom. The van der Waals surface area contributed by atoms with Crippen LogP contribution in [0.15, 0.2) is 77.7 Å². The number of anilines is 2. The van der Waals surface area contributed by atoms with E-state index in [-0.39, 0.29) is 10.8 Å². The van der Waals surface area contributed by atoms with Gasteiger partial charge in [0.15, 0.2) is 0 Å². The third-order valence-corrected chi connectivity index (χ3v) is 7.20. The van der Waals surface area contributed by atoms with Gasteiger partial charge in [0.25, 0.3) is 15.9 Å². The van der Waals surface area contributed by atoms with Gasteiger partial charge in [0.2, 0.25) is 0 Å². The van der Waals surface area contributed by atoms with Gasteiger partial charge >= 0.3 is 0 Å². The first kappa shape index (κ1) is 22.9. The van der Waals surface area contributed by atoms with Gasteiger partial charge in [0.1, 0.15) is 0 Å². The highest BCUT2D eigenvalue weighted by Crippen LogP contribution is 2.32. The molecule has 1 saturated heterocycles. The quantitative estimate of drug-likeness (QED) is 0.520. The van der Waals surface area contributed by atoms with Crippen molar-refractivity contribution in [1.29, 1.82) is 0 Å². The summed E-state index contributed by atoms with van der Waals surface area (Å²) >= 11 is 0. The smallest absolute Gasteiger partial charge is 0.261 e. The van der Waals surface area contributed by atoms with Crippen molar-refractivity contribution in [3.05, 3.63) is 89.5 Å². The highest BCUT2D eigenvalue weighted by molar-refractivity contribution is 7.92. The highest BCUT2D eigenvalue weighted by Gasteiger charge is 2.22. The Bertz CT molecular complexity index is 1200. The summed E-state index contributed by atoms with van der Waals surface area (Å²) in [4.78, 5) is 15.1. The van der Waals surface area contributed by atoms with Crippen LogP contribution in [0.4, 0.5) is 11.4 Å². The van der Waals surface area contributed by atoms with Gasteiger partial charge < -0.3 is 10.2 Å². The lowest BCUT2D eigenvalue weighted by atomic mass is 10.1. The van der Waals surface area contributed by atoms with Crippen molar-refractivity contribution in [2.75, 3.05) is 29.3 Å². The molecule has 2 N–H and O–H groups in total. The maximum absolute atomic E-state index is 13.1. The van der Waals surface area contributed by atoms with Crippen molar-refractivity contribution in [3.63, 3.8) is 0 Å². The van der Waals surface area contributed by atoms with Gasteiger partial charge in [-0.3, -0.25) is 9.52 Å². The lowest BCUT2D eigenvalue weighted by Crippen LogP contribution is -2.26. The summed E-state index contributed by atoms with van der Waals surface area (Å²) in [6, 6.07) is 21.9. The molecule has 3 aromatic carbocycles. The van der Waals surface area contributed by atoms with Gasteiger partial charge in [-0.05, 0) is 62.1 Å². The number of sulfonamides is 1. The van der Waals surface area contributed by atoms with Gasteiger partial charge in [0.05, 0.1) is 16.3 Å². The van der Waals surface area contributed by atoms with Crippen LogP contribution in [0.3, 0.4) is 0 Å². The Morgan fingerprint density at radius 2 is 1.64 bits per heavy atom. The standard InChI is InChI=1S/C26H29N3O3S/c1-20-9-12-23(13-10-20)33(31,32)28-24-19-22(11-14-25(24)29-17-5-6-18-29)26(30)27-16-15-21-7-3-2-4-8-21/h2-4,7-14,19,28H,5-6,15-18H2,1H3,(H,27,30). The molecule has 1 aliphatic rings. The molecular weight excluding hydrogens is 434 g/mol. The molecule has 33 heavy (non-hydrogen) atoms. The van der Waals surface area contributed by atoms with E-state index >= 15 is 0 Å². The number of hydrogen-bond acceptors (Lipinski definition) is 4. The van der Waals surface area contributed by atoms with Gasteiger partial charge in [-0.2, -0.15) is 0 Å². The fourth-order valence-corrected chi connectivity index (χ4v) is 5.05. The summed E-state index contributed by atoms with van der Waals surface area (Å²) in [6.07, 6.45) is 2.85. The van der Waals surface area contributed by atoms with Gasteiger partial charge in [-0.1, -0.05) is 48.0 Å². The van der Waals surface area contributed by atoms with Crippen molar-refractivity contribution in [2.24, 2.45) is 0 Å². The van der Waals surface area contributed by atoms with Crippen LogP contribution in [0.1, 0.15) is 34.3 Å². The number of carbonyl (C=O) groups is 1. The fraction of sp³-hybridized carbons (Fsp3) is 0.269. The number of amides is 1. The van der Waals surface area contributed by atoms with Crippen LogP contribution < -0.4 is 14.9 Å². The molecular formula is C26H29N3O3S. The second-order valence-corrected chi connectivity index (χ2v) is 10.0. The number of hydrogen-bond donors (Lipinski definition) is 2. The third kappa shape index (κ3) is 5.73. The first-order valence-electron chi connectivity index (χ1n) is 11.2. The lowest BCUT2D eigenvalue weighted by molar-refractivity contribution is 0.0954. The molecule has 1 fully saturated rings. The first-order chi connectivity index (χ1) is 15.9. The maximum Gasteiger partial charge on any atom is 0.261 e. The normalized spacial score (nSPS) is 13.7. The SMILES string of the molecule is Cc1ccc(S(=O)(=O)Nc2cc(C(=O)NCCc3ccccc3)ccc2N2CCCC2)cc1. The van der Waals surface area contributed by atoms with E-state index in [1.165, 1.54) is 0 Å². The molecule has 1 heterocycles. The molecule has 1 amide bonds. The van der Waals surface area contributed by atoms with Crippen LogP contribution in [0, 0.1) is 6.92 Å². The topological polar surface area (TPSA) is 78.5 Å². The third-order valence-electron chi connectivity index (χ3n) is 5.82. The van der Waals surface area contributed by atoms with E-state index in [2.05, 4.69) is 14.9 Å². The Kier molecular flexibility index (Phi) is 6.99. The molecule has 4 rings (SSSR count). The van der Waals surface area contributed by atoms with Crippen molar-refractivity contribution in [2.45, 2.75) is 31.1 Å². The number of benzene rings is 3. The molecule has 0 saturated carbocycles. The predicted octanol–water partition coefficient (Wildman–Crippen LogP) is 4.37. The van der Waals surface area contributed by atoms with Crippen LogP contribution in [0.5, 0.6) is 0 Å². The molecule has 0 aromatic heterocycles. The zero-order valence-corrected chi connectivity index (χ0v) is 19.6. The molecule has 1 aliphatic heterocycles. The molecule has 0 aliphatic carbocycles. The van der Waals surface area contributed by atoms with Crippen molar-refractivity contribution < 1.29 is 13.2 Å². The number of aryl methyl sites for hydroxylation is 1. The van der Waals surface area contributed by atoms with Crippen LogP contribution in [0.2, 0.25) is 0 Å². The molecule has 3 aromatic rings. The van der Waals surface area contributed by atoms with E-state index in [1.807, 2.05) is 43.3 Å². The van der Waals surface area contributed by atoms with Crippen molar-refractivity contribution in [1.82, 2.24) is 5.32 Å². The molecule has 0 bridgehead atoms.